The van der Waals surface area contributed by atoms with Gasteiger partial charge in [-0.3, -0.25) is 10.2 Å². The summed E-state index contributed by atoms with van der Waals surface area (Å²) in [5.74, 6) is -2.20. The van der Waals surface area contributed by atoms with Crippen molar-refractivity contribution in [3.8, 4) is 0 Å². The van der Waals surface area contributed by atoms with E-state index in [9.17, 15) is 14.7 Å². The zero-order valence-corrected chi connectivity index (χ0v) is 20.7. The van der Waals surface area contributed by atoms with Crippen LogP contribution in [0.3, 0.4) is 0 Å². The molecule has 1 fully saturated rings. The normalized spacial score (nSPS) is 15.4. The van der Waals surface area contributed by atoms with E-state index < -0.39 is 17.5 Å². The predicted octanol–water partition coefficient (Wildman–Crippen LogP) is 4.07. The monoisotopic (exact) mass is 498 g/mol. The fraction of sp³-hybridized carbons (Fsp3) is 0.346. The molecule has 1 atom stereocenters. The van der Waals surface area contributed by atoms with Gasteiger partial charge in [-0.15, -0.1) is 12.4 Å². The zero-order valence-electron chi connectivity index (χ0n) is 19.8. The van der Waals surface area contributed by atoms with Crippen LogP contribution in [0.4, 0.5) is 5.69 Å². The number of methoxy groups -OCH3 is 1. The van der Waals surface area contributed by atoms with E-state index in [0.29, 0.717) is 30.5 Å². The highest BCUT2D eigenvalue weighted by molar-refractivity contribution is 6.12. The van der Waals surface area contributed by atoms with E-state index in [4.69, 9.17) is 15.9 Å². The fourth-order valence-corrected chi connectivity index (χ4v) is 5.03. The molecule has 9 heteroatoms. The molecule has 4 rings (SSSR count). The SMILES string of the molecule is COC(C(=O)O)(C(=O)Nc1ccc2c(c1)cc(Cc1ccc(C(=N)N)cc1)n2C)C1CCCC1.Cl. The molecule has 2 aromatic carbocycles. The molecule has 0 saturated heterocycles. The molecule has 0 aliphatic heterocycles. The van der Waals surface area contributed by atoms with E-state index in [-0.39, 0.29) is 24.2 Å². The summed E-state index contributed by atoms with van der Waals surface area (Å²) in [7, 11) is 3.28. The van der Waals surface area contributed by atoms with E-state index in [0.717, 1.165) is 35.0 Å². The first-order valence-electron chi connectivity index (χ1n) is 11.4. The van der Waals surface area contributed by atoms with Crippen LogP contribution in [0.15, 0.2) is 48.5 Å². The number of nitrogens with one attached hydrogen (secondary N) is 2. The maximum Gasteiger partial charge on any atom is 0.346 e. The number of nitrogen functional groups attached to an aromatic ring is 1. The minimum absolute atomic E-state index is 0. The molecule has 0 bridgehead atoms. The molecule has 5 N–H and O–H groups in total. The Morgan fingerprint density at radius 3 is 2.40 bits per heavy atom. The molecule has 1 saturated carbocycles. The number of halogens is 1. The molecule has 3 aromatic rings. The Hall–Kier alpha value is -3.36. The third-order valence-electron chi connectivity index (χ3n) is 6.96. The maximum atomic E-state index is 13.2. The molecular weight excluding hydrogens is 468 g/mol. The van der Waals surface area contributed by atoms with Gasteiger partial charge in [0.25, 0.3) is 5.91 Å². The van der Waals surface area contributed by atoms with Gasteiger partial charge in [0.2, 0.25) is 5.60 Å². The minimum Gasteiger partial charge on any atom is -0.479 e. The molecule has 1 aliphatic rings. The summed E-state index contributed by atoms with van der Waals surface area (Å²) in [6.07, 6.45) is 3.79. The second kappa shape index (κ2) is 10.5. The number of amides is 1. The molecule has 1 heterocycles. The minimum atomic E-state index is -1.89. The Labute approximate surface area is 210 Å². The molecule has 186 valence electrons. The lowest BCUT2D eigenvalue weighted by Gasteiger charge is -2.32. The van der Waals surface area contributed by atoms with Gasteiger partial charge in [-0.2, -0.15) is 0 Å². The highest BCUT2D eigenvalue weighted by Crippen LogP contribution is 2.37. The van der Waals surface area contributed by atoms with Crippen LogP contribution in [0.25, 0.3) is 10.9 Å². The van der Waals surface area contributed by atoms with Gasteiger partial charge in [-0.1, -0.05) is 37.1 Å². The quantitative estimate of drug-likeness (QED) is 0.211. The van der Waals surface area contributed by atoms with Gasteiger partial charge < -0.3 is 25.5 Å². The van der Waals surface area contributed by atoms with Crippen molar-refractivity contribution < 1.29 is 19.4 Å². The number of carbonyl (C=O) groups excluding carboxylic acids is 1. The fourth-order valence-electron chi connectivity index (χ4n) is 5.03. The lowest BCUT2D eigenvalue weighted by molar-refractivity contribution is -0.174. The number of hydrogen-bond donors (Lipinski definition) is 4. The third kappa shape index (κ3) is 4.90. The number of amidine groups is 1. The number of aryl methyl sites for hydroxylation is 1. The predicted molar refractivity (Wildman–Crippen MR) is 138 cm³/mol. The smallest absolute Gasteiger partial charge is 0.346 e. The molecule has 0 spiro atoms. The van der Waals surface area contributed by atoms with Crippen molar-refractivity contribution in [3.63, 3.8) is 0 Å². The molecule has 0 radical (unpaired) electrons. The van der Waals surface area contributed by atoms with Crippen LogP contribution in [0.5, 0.6) is 0 Å². The number of rotatable bonds is 8. The Morgan fingerprint density at radius 2 is 1.83 bits per heavy atom. The molecule has 35 heavy (non-hydrogen) atoms. The van der Waals surface area contributed by atoms with Crippen LogP contribution >= 0.6 is 12.4 Å². The van der Waals surface area contributed by atoms with Gasteiger partial charge in [0, 0.05) is 54.3 Å². The second-order valence-electron chi connectivity index (χ2n) is 8.94. The van der Waals surface area contributed by atoms with Crippen LogP contribution in [-0.4, -0.2) is 40.1 Å². The van der Waals surface area contributed by atoms with Crippen LogP contribution in [0, 0.1) is 11.3 Å². The molecule has 8 nitrogen and oxygen atoms in total. The Morgan fingerprint density at radius 1 is 1.17 bits per heavy atom. The summed E-state index contributed by atoms with van der Waals surface area (Å²) in [6, 6.07) is 15.2. The number of fused-ring (bicyclic) bond motifs is 1. The van der Waals surface area contributed by atoms with Crippen molar-refractivity contribution in [3.05, 3.63) is 65.4 Å². The van der Waals surface area contributed by atoms with Crippen molar-refractivity contribution >= 4 is 46.7 Å². The number of nitrogens with two attached hydrogens (primary N) is 1. The Kier molecular flexibility index (Phi) is 7.87. The Balaban J connectivity index is 0.00000342. The number of carboxylic acids is 1. The molecule has 1 amide bonds. The van der Waals surface area contributed by atoms with Crippen LogP contribution in [0.2, 0.25) is 0 Å². The maximum absolute atomic E-state index is 13.2. The van der Waals surface area contributed by atoms with Crippen molar-refractivity contribution in [2.75, 3.05) is 12.4 Å². The summed E-state index contributed by atoms with van der Waals surface area (Å²) >= 11 is 0. The summed E-state index contributed by atoms with van der Waals surface area (Å²) in [5, 5.41) is 21.2. The highest BCUT2D eigenvalue weighted by Gasteiger charge is 2.54. The average Bonchev–Trinajstić information content (AvgIpc) is 3.44. The molecular formula is C26H31ClN4O4. The topological polar surface area (TPSA) is 130 Å². The number of benzene rings is 2. The van der Waals surface area contributed by atoms with Crippen LogP contribution in [-0.2, 0) is 27.8 Å². The number of ether oxygens (including phenoxy) is 1. The van der Waals surface area contributed by atoms with Crippen molar-refractivity contribution in [2.45, 2.75) is 37.7 Å². The lowest BCUT2D eigenvalue weighted by atomic mass is 9.84. The van der Waals surface area contributed by atoms with Gasteiger partial charge in [0.1, 0.15) is 5.84 Å². The van der Waals surface area contributed by atoms with Gasteiger partial charge in [-0.05, 0) is 42.7 Å². The van der Waals surface area contributed by atoms with E-state index >= 15 is 0 Å². The summed E-state index contributed by atoms with van der Waals surface area (Å²) in [6.45, 7) is 0. The number of carbonyl (C=O) groups is 2. The number of aromatic nitrogens is 1. The average molecular weight is 499 g/mol. The largest absolute Gasteiger partial charge is 0.479 e. The van der Waals surface area contributed by atoms with E-state index in [1.807, 2.05) is 43.4 Å². The third-order valence-corrected chi connectivity index (χ3v) is 6.96. The first kappa shape index (κ1) is 26.2. The molecule has 1 aliphatic carbocycles. The van der Waals surface area contributed by atoms with Gasteiger partial charge >= 0.3 is 5.97 Å². The number of aliphatic carboxylic acids is 1. The summed E-state index contributed by atoms with van der Waals surface area (Å²) < 4.78 is 7.47. The molecule has 1 aromatic heterocycles. The second-order valence-corrected chi connectivity index (χ2v) is 8.94. The van der Waals surface area contributed by atoms with Gasteiger partial charge in [0.15, 0.2) is 0 Å². The van der Waals surface area contributed by atoms with Crippen LogP contribution < -0.4 is 11.1 Å². The number of hydrogen-bond acceptors (Lipinski definition) is 4. The highest BCUT2D eigenvalue weighted by atomic mass is 35.5. The van der Waals surface area contributed by atoms with Crippen molar-refractivity contribution in [1.82, 2.24) is 4.57 Å². The number of anilines is 1. The standard InChI is InChI=1S/C26H30N4O4.ClH/c1-30-21(13-16-7-9-17(10-8-16)23(27)28)15-18-14-20(11-12-22(18)30)29-24(31)26(34-2,25(32)33)19-5-3-4-6-19;/h7-12,14-15,19H,3-6,13H2,1-2H3,(H3,27,28)(H,29,31)(H,32,33);1H. The van der Waals surface area contributed by atoms with E-state index in [1.165, 1.54) is 7.11 Å². The van der Waals surface area contributed by atoms with Crippen molar-refractivity contribution in [1.29, 1.82) is 5.41 Å². The first-order valence-corrected chi connectivity index (χ1v) is 11.4. The Bertz CT molecular complexity index is 1250. The summed E-state index contributed by atoms with van der Waals surface area (Å²) in [5.41, 5.74) is 8.03. The van der Waals surface area contributed by atoms with Gasteiger partial charge in [-0.25, -0.2) is 4.79 Å². The van der Waals surface area contributed by atoms with E-state index in [2.05, 4.69) is 16.0 Å². The van der Waals surface area contributed by atoms with Crippen LogP contribution in [0.1, 0.15) is 42.5 Å². The van der Waals surface area contributed by atoms with Crippen molar-refractivity contribution in [2.24, 2.45) is 18.7 Å². The molecule has 1 unspecified atom stereocenters. The number of nitrogens with zero attached hydrogens (tertiary/aromatic N) is 1. The first-order chi connectivity index (χ1) is 16.3. The number of carboxylic acid groups (broad SMARTS) is 1. The zero-order chi connectivity index (χ0) is 24.5. The van der Waals surface area contributed by atoms with E-state index in [1.54, 1.807) is 6.07 Å². The lowest BCUT2D eigenvalue weighted by Crippen LogP contribution is -2.56. The van der Waals surface area contributed by atoms with Gasteiger partial charge in [0.05, 0.1) is 0 Å². The summed E-state index contributed by atoms with van der Waals surface area (Å²) in [4.78, 5) is 25.3.